The molecule has 1 N–H and O–H groups in total. The van der Waals surface area contributed by atoms with E-state index in [9.17, 15) is 0 Å². The second-order valence-corrected chi connectivity index (χ2v) is 11.0. The van der Waals surface area contributed by atoms with Crippen molar-refractivity contribution in [3.63, 3.8) is 0 Å². The lowest BCUT2D eigenvalue weighted by molar-refractivity contribution is 0.104. The van der Waals surface area contributed by atoms with Crippen LogP contribution in [0.25, 0.3) is 33.7 Å². The molecule has 196 valence electrons. The summed E-state index contributed by atoms with van der Waals surface area (Å²) >= 11 is 0. The molecule has 4 aromatic rings. The van der Waals surface area contributed by atoms with Gasteiger partial charge in [-0.05, 0) is 80.6 Å². The standard InChI is InChI=1S/C32H37N5O/c1-22(2)37-14-12-36(13-15-37)21-24-5-7-25(8-6-24)27-16-28(20-33-19-27)26-17-30(31-11-4-23(3)38-31)35-32(18-26)34-29-9-10-29/h4-8,11,16-20,22,29H,9-10,12-15,21H2,1-3H3,(H,34,35). The van der Waals surface area contributed by atoms with Crippen molar-refractivity contribution in [1.29, 1.82) is 0 Å². The molecule has 1 saturated carbocycles. The third kappa shape index (κ3) is 5.82. The molecule has 0 amide bonds. The first kappa shape index (κ1) is 24.8. The van der Waals surface area contributed by atoms with Gasteiger partial charge >= 0.3 is 0 Å². The highest BCUT2D eigenvalue weighted by Crippen LogP contribution is 2.33. The fourth-order valence-electron chi connectivity index (χ4n) is 5.16. The summed E-state index contributed by atoms with van der Waals surface area (Å²) < 4.78 is 5.90. The second-order valence-electron chi connectivity index (χ2n) is 11.0. The van der Waals surface area contributed by atoms with E-state index >= 15 is 0 Å². The number of furan rings is 1. The Kier molecular flexibility index (Phi) is 7.00. The highest BCUT2D eigenvalue weighted by molar-refractivity contribution is 5.76. The van der Waals surface area contributed by atoms with Crippen molar-refractivity contribution in [3.05, 3.63) is 78.3 Å². The molecule has 6 rings (SSSR count). The number of aromatic nitrogens is 2. The molecule has 6 heteroatoms. The first-order valence-corrected chi connectivity index (χ1v) is 13.9. The maximum absolute atomic E-state index is 5.90. The molecule has 1 aliphatic carbocycles. The average Bonchev–Trinajstić information content (AvgIpc) is 3.65. The highest BCUT2D eigenvalue weighted by atomic mass is 16.3. The molecule has 4 heterocycles. The predicted molar refractivity (Wildman–Crippen MR) is 154 cm³/mol. The minimum absolute atomic E-state index is 0.519. The molecule has 1 saturated heterocycles. The Bertz CT molecular complexity index is 1380. The lowest BCUT2D eigenvalue weighted by Gasteiger charge is -2.36. The van der Waals surface area contributed by atoms with Crippen LogP contribution in [0.1, 0.15) is 38.0 Å². The van der Waals surface area contributed by atoms with E-state index in [1.165, 1.54) is 24.0 Å². The Morgan fingerprint density at radius 2 is 1.61 bits per heavy atom. The van der Waals surface area contributed by atoms with Crippen LogP contribution < -0.4 is 5.32 Å². The Labute approximate surface area is 225 Å². The Morgan fingerprint density at radius 3 is 2.26 bits per heavy atom. The summed E-state index contributed by atoms with van der Waals surface area (Å²) in [4.78, 5) is 14.6. The quantitative estimate of drug-likeness (QED) is 0.295. The van der Waals surface area contributed by atoms with Crippen molar-refractivity contribution in [3.8, 4) is 33.7 Å². The predicted octanol–water partition coefficient (Wildman–Crippen LogP) is 6.48. The summed E-state index contributed by atoms with van der Waals surface area (Å²) in [5.74, 6) is 2.56. The molecule has 0 spiro atoms. The number of pyridine rings is 2. The van der Waals surface area contributed by atoms with E-state index < -0.39 is 0 Å². The average molecular weight is 508 g/mol. The zero-order valence-electron chi connectivity index (χ0n) is 22.7. The van der Waals surface area contributed by atoms with Gasteiger partial charge in [-0.2, -0.15) is 0 Å². The van der Waals surface area contributed by atoms with Gasteiger partial charge in [0.2, 0.25) is 0 Å². The number of nitrogens with zero attached hydrogens (tertiary/aromatic N) is 4. The molecule has 0 unspecified atom stereocenters. The smallest absolute Gasteiger partial charge is 0.152 e. The van der Waals surface area contributed by atoms with E-state index in [1.54, 1.807) is 0 Å². The molecule has 1 aromatic carbocycles. The van der Waals surface area contributed by atoms with Gasteiger partial charge in [0.25, 0.3) is 0 Å². The van der Waals surface area contributed by atoms with Gasteiger partial charge in [0, 0.05) is 68.3 Å². The summed E-state index contributed by atoms with van der Waals surface area (Å²) in [6.07, 6.45) is 6.28. The number of hydrogen-bond acceptors (Lipinski definition) is 6. The molecular weight excluding hydrogens is 470 g/mol. The Hall–Kier alpha value is -3.48. The Balaban J connectivity index is 1.21. The summed E-state index contributed by atoms with van der Waals surface area (Å²) in [6.45, 7) is 12.1. The van der Waals surface area contributed by atoms with Crippen LogP contribution >= 0.6 is 0 Å². The van der Waals surface area contributed by atoms with Crippen LogP contribution in [0.5, 0.6) is 0 Å². The molecular formula is C32H37N5O. The van der Waals surface area contributed by atoms with Crippen LogP contribution in [0.2, 0.25) is 0 Å². The molecule has 0 radical (unpaired) electrons. The van der Waals surface area contributed by atoms with E-state index in [4.69, 9.17) is 9.40 Å². The van der Waals surface area contributed by atoms with Crippen molar-refractivity contribution in [1.82, 2.24) is 19.8 Å². The maximum atomic E-state index is 5.90. The topological polar surface area (TPSA) is 57.4 Å². The molecule has 1 aliphatic heterocycles. The SMILES string of the molecule is Cc1ccc(-c2cc(-c3cncc(-c4ccc(CN5CCN(C(C)C)CC5)cc4)c3)cc(NC3CC3)n2)o1. The second kappa shape index (κ2) is 10.7. The number of hydrogen-bond donors (Lipinski definition) is 1. The summed E-state index contributed by atoms with van der Waals surface area (Å²) in [6, 6.07) is 20.5. The van der Waals surface area contributed by atoms with Gasteiger partial charge in [-0.15, -0.1) is 0 Å². The van der Waals surface area contributed by atoms with Crippen LogP contribution in [0.4, 0.5) is 5.82 Å². The van der Waals surface area contributed by atoms with Crippen LogP contribution in [-0.4, -0.2) is 58.0 Å². The van der Waals surface area contributed by atoms with Crippen LogP contribution in [0.15, 0.2) is 71.4 Å². The molecule has 6 nitrogen and oxygen atoms in total. The van der Waals surface area contributed by atoms with Gasteiger partial charge in [-0.1, -0.05) is 24.3 Å². The number of anilines is 1. The zero-order valence-corrected chi connectivity index (χ0v) is 22.7. The minimum Gasteiger partial charge on any atom is -0.460 e. The molecule has 0 atom stereocenters. The summed E-state index contributed by atoms with van der Waals surface area (Å²) in [5.41, 5.74) is 6.64. The normalized spacial score (nSPS) is 16.7. The third-order valence-electron chi connectivity index (χ3n) is 7.65. The zero-order chi connectivity index (χ0) is 26.1. The summed E-state index contributed by atoms with van der Waals surface area (Å²) in [7, 11) is 0. The van der Waals surface area contributed by atoms with Gasteiger partial charge in [-0.25, -0.2) is 4.98 Å². The van der Waals surface area contributed by atoms with E-state index in [1.807, 2.05) is 31.5 Å². The largest absolute Gasteiger partial charge is 0.460 e. The van der Waals surface area contributed by atoms with Crippen LogP contribution in [0, 0.1) is 6.92 Å². The van der Waals surface area contributed by atoms with Crippen molar-refractivity contribution < 1.29 is 4.42 Å². The van der Waals surface area contributed by atoms with Crippen molar-refractivity contribution >= 4 is 5.82 Å². The third-order valence-corrected chi connectivity index (χ3v) is 7.65. The fraction of sp³-hybridized carbons (Fsp3) is 0.375. The lowest BCUT2D eigenvalue weighted by Crippen LogP contribution is -2.48. The van der Waals surface area contributed by atoms with Crippen molar-refractivity contribution in [2.24, 2.45) is 0 Å². The number of rotatable bonds is 8. The fourth-order valence-corrected chi connectivity index (χ4v) is 5.16. The van der Waals surface area contributed by atoms with Crippen molar-refractivity contribution in [2.75, 3.05) is 31.5 Å². The van der Waals surface area contributed by atoms with E-state index in [0.717, 1.165) is 72.4 Å². The minimum atomic E-state index is 0.519. The highest BCUT2D eigenvalue weighted by Gasteiger charge is 2.22. The number of nitrogens with one attached hydrogen (secondary N) is 1. The first-order chi connectivity index (χ1) is 18.5. The van der Waals surface area contributed by atoms with Crippen molar-refractivity contribution in [2.45, 2.75) is 52.2 Å². The van der Waals surface area contributed by atoms with E-state index in [2.05, 4.69) is 76.4 Å². The molecule has 2 aliphatic rings. The Morgan fingerprint density at radius 1 is 0.868 bits per heavy atom. The lowest BCUT2D eigenvalue weighted by atomic mass is 10.0. The number of benzene rings is 1. The molecule has 3 aromatic heterocycles. The maximum Gasteiger partial charge on any atom is 0.152 e. The molecule has 2 fully saturated rings. The van der Waals surface area contributed by atoms with Gasteiger partial charge in [-0.3, -0.25) is 14.8 Å². The van der Waals surface area contributed by atoms with E-state index in [-0.39, 0.29) is 0 Å². The van der Waals surface area contributed by atoms with Gasteiger partial charge in [0.05, 0.1) is 0 Å². The molecule has 38 heavy (non-hydrogen) atoms. The van der Waals surface area contributed by atoms with E-state index in [0.29, 0.717) is 12.1 Å². The van der Waals surface area contributed by atoms with Gasteiger partial charge in [0.15, 0.2) is 5.76 Å². The van der Waals surface area contributed by atoms with Crippen LogP contribution in [0.3, 0.4) is 0 Å². The van der Waals surface area contributed by atoms with Gasteiger partial charge < -0.3 is 9.73 Å². The number of piperazine rings is 1. The van der Waals surface area contributed by atoms with Gasteiger partial charge in [0.1, 0.15) is 17.3 Å². The number of aryl methyl sites for hydroxylation is 1. The monoisotopic (exact) mass is 507 g/mol. The first-order valence-electron chi connectivity index (χ1n) is 13.9. The molecule has 0 bridgehead atoms. The summed E-state index contributed by atoms with van der Waals surface area (Å²) in [5, 5.41) is 3.56. The van der Waals surface area contributed by atoms with Crippen LogP contribution in [-0.2, 0) is 6.54 Å².